The highest BCUT2D eigenvalue weighted by molar-refractivity contribution is 5.66. The number of carbonyl (C=O) groups is 2. The molecule has 0 spiro atoms. The van der Waals surface area contributed by atoms with Crippen molar-refractivity contribution in [3.63, 3.8) is 0 Å². The Hall–Kier alpha value is -1.10. The van der Waals surface area contributed by atoms with E-state index in [2.05, 4.69) is 0 Å². The van der Waals surface area contributed by atoms with E-state index in [1.54, 1.807) is 0 Å². The minimum Gasteiger partial charge on any atom is -0.463 e. The molecule has 5 heteroatoms. The van der Waals surface area contributed by atoms with Gasteiger partial charge in [0.25, 0.3) is 0 Å². The molecule has 3 atom stereocenters. The molecule has 15 heavy (non-hydrogen) atoms. The average Bonchev–Trinajstić information content (AvgIpc) is 2.41. The van der Waals surface area contributed by atoms with Crippen molar-refractivity contribution in [3.05, 3.63) is 0 Å². The Morgan fingerprint density at radius 2 is 2.00 bits per heavy atom. The van der Waals surface area contributed by atoms with Crippen molar-refractivity contribution < 1.29 is 23.8 Å². The molecule has 1 heterocycles. The zero-order valence-corrected chi connectivity index (χ0v) is 9.19. The van der Waals surface area contributed by atoms with Gasteiger partial charge in [-0.15, -0.1) is 0 Å². The Morgan fingerprint density at radius 1 is 1.33 bits per heavy atom. The van der Waals surface area contributed by atoms with Gasteiger partial charge in [-0.2, -0.15) is 0 Å². The second-order valence-electron chi connectivity index (χ2n) is 3.73. The molecule has 5 nitrogen and oxygen atoms in total. The first-order valence-electron chi connectivity index (χ1n) is 4.95. The van der Waals surface area contributed by atoms with E-state index in [1.165, 1.54) is 13.8 Å². The van der Waals surface area contributed by atoms with Gasteiger partial charge in [0, 0.05) is 20.3 Å². The third-order valence-electron chi connectivity index (χ3n) is 2.27. The van der Waals surface area contributed by atoms with Crippen LogP contribution in [0.3, 0.4) is 0 Å². The van der Waals surface area contributed by atoms with Crippen LogP contribution >= 0.6 is 0 Å². The van der Waals surface area contributed by atoms with E-state index < -0.39 is 6.29 Å². The molecule has 0 aromatic carbocycles. The van der Waals surface area contributed by atoms with Crippen LogP contribution in [-0.4, -0.2) is 30.9 Å². The minimum absolute atomic E-state index is 0.182. The van der Waals surface area contributed by atoms with Crippen LogP contribution in [0, 0.1) is 5.92 Å². The zero-order valence-electron chi connectivity index (χ0n) is 9.19. The highest BCUT2D eigenvalue weighted by atomic mass is 16.7. The van der Waals surface area contributed by atoms with Crippen molar-refractivity contribution in [1.82, 2.24) is 0 Å². The molecule has 1 fully saturated rings. The average molecular weight is 216 g/mol. The first-order chi connectivity index (χ1) is 6.99. The summed E-state index contributed by atoms with van der Waals surface area (Å²) in [6.07, 6.45) is -0.0396. The van der Waals surface area contributed by atoms with E-state index >= 15 is 0 Å². The number of hydrogen-bond donors (Lipinski definition) is 0. The van der Waals surface area contributed by atoms with E-state index in [9.17, 15) is 9.59 Å². The molecule has 0 aliphatic carbocycles. The highest BCUT2D eigenvalue weighted by Crippen LogP contribution is 2.27. The number of ether oxygens (including phenoxy) is 3. The van der Waals surface area contributed by atoms with Gasteiger partial charge < -0.3 is 14.2 Å². The third-order valence-corrected chi connectivity index (χ3v) is 2.27. The van der Waals surface area contributed by atoms with Crippen LogP contribution in [0.4, 0.5) is 0 Å². The summed E-state index contributed by atoms with van der Waals surface area (Å²) in [4.78, 5) is 21.3. The van der Waals surface area contributed by atoms with Gasteiger partial charge in [-0.25, -0.2) is 0 Å². The fraction of sp³-hybridized carbons (Fsp3) is 0.800. The lowest BCUT2D eigenvalue weighted by molar-refractivity contribution is -0.178. The van der Waals surface area contributed by atoms with Gasteiger partial charge in [0.2, 0.25) is 6.29 Å². The Balaban J connectivity index is 2.35. The summed E-state index contributed by atoms with van der Waals surface area (Å²) >= 11 is 0. The number of hydrogen-bond acceptors (Lipinski definition) is 5. The largest absolute Gasteiger partial charge is 0.463 e. The van der Waals surface area contributed by atoms with Crippen molar-refractivity contribution in [1.29, 1.82) is 0 Å². The molecule has 86 valence electrons. The van der Waals surface area contributed by atoms with Crippen molar-refractivity contribution in [2.75, 3.05) is 6.61 Å². The second kappa shape index (κ2) is 5.11. The predicted molar refractivity (Wildman–Crippen MR) is 50.8 cm³/mol. The van der Waals surface area contributed by atoms with E-state index in [-0.39, 0.29) is 30.6 Å². The Labute approximate surface area is 88.7 Å². The van der Waals surface area contributed by atoms with Crippen molar-refractivity contribution >= 4 is 11.9 Å². The standard InChI is InChI=1S/C10H16O5/c1-6-4-10(14-8(3)12)15-9(6)5-13-7(2)11/h6,9-10H,4-5H2,1-3H3/t6-,9+,10-/m0/s1. The summed E-state index contributed by atoms with van der Waals surface area (Å²) in [7, 11) is 0. The fourth-order valence-corrected chi connectivity index (χ4v) is 1.50. The molecular formula is C10H16O5. The van der Waals surface area contributed by atoms with Crippen LogP contribution in [0.15, 0.2) is 0 Å². The maximum absolute atomic E-state index is 10.7. The van der Waals surface area contributed by atoms with Gasteiger partial charge in [0.05, 0.1) is 6.10 Å². The molecule has 1 aliphatic rings. The fourth-order valence-electron chi connectivity index (χ4n) is 1.50. The van der Waals surface area contributed by atoms with Gasteiger partial charge in [0.1, 0.15) is 6.61 Å². The molecular weight excluding hydrogens is 200 g/mol. The van der Waals surface area contributed by atoms with Gasteiger partial charge >= 0.3 is 11.9 Å². The van der Waals surface area contributed by atoms with Crippen molar-refractivity contribution in [2.45, 2.75) is 39.6 Å². The highest BCUT2D eigenvalue weighted by Gasteiger charge is 2.34. The second-order valence-corrected chi connectivity index (χ2v) is 3.73. The SMILES string of the molecule is CC(=O)OC[C@H]1O[C@H](OC(C)=O)C[C@@H]1C. The zero-order chi connectivity index (χ0) is 11.4. The van der Waals surface area contributed by atoms with Crippen LogP contribution in [-0.2, 0) is 23.8 Å². The van der Waals surface area contributed by atoms with E-state index in [1.807, 2.05) is 6.92 Å². The predicted octanol–water partition coefficient (Wildman–Crippen LogP) is 0.864. The molecule has 0 aromatic rings. The summed E-state index contributed by atoms with van der Waals surface area (Å²) in [6, 6.07) is 0. The molecule has 0 unspecified atom stereocenters. The monoisotopic (exact) mass is 216 g/mol. The lowest BCUT2D eigenvalue weighted by Gasteiger charge is -2.14. The van der Waals surface area contributed by atoms with Crippen LogP contribution in [0.5, 0.6) is 0 Å². The summed E-state index contributed by atoms with van der Waals surface area (Å²) < 4.78 is 15.2. The molecule has 0 N–H and O–H groups in total. The maximum atomic E-state index is 10.7. The van der Waals surface area contributed by atoms with Gasteiger partial charge in [-0.05, 0) is 5.92 Å². The molecule has 0 saturated carbocycles. The Morgan fingerprint density at radius 3 is 2.53 bits per heavy atom. The maximum Gasteiger partial charge on any atom is 0.304 e. The lowest BCUT2D eigenvalue weighted by atomic mass is 10.0. The van der Waals surface area contributed by atoms with Gasteiger partial charge in [-0.3, -0.25) is 9.59 Å². The molecule has 0 amide bonds. The van der Waals surface area contributed by atoms with E-state index in [4.69, 9.17) is 14.2 Å². The Kier molecular flexibility index (Phi) is 4.08. The van der Waals surface area contributed by atoms with E-state index in [0.717, 1.165) is 0 Å². The number of esters is 2. The smallest absolute Gasteiger partial charge is 0.304 e. The first kappa shape index (κ1) is 12.0. The third kappa shape index (κ3) is 3.87. The molecule has 1 saturated heterocycles. The van der Waals surface area contributed by atoms with Crippen LogP contribution in [0.1, 0.15) is 27.2 Å². The molecule has 1 rings (SSSR count). The summed E-state index contributed by atoms with van der Waals surface area (Å²) in [5.41, 5.74) is 0. The van der Waals surface area contributed by atoms with Crippen LogP contribution in [0.2, 0.25) is 0 Å². The molecule has 1 aliphatic heterocycles. The van der Waals surface area contributed by atoms with Crippen LogP contribution in [0.25, 0.3) is 0 Å². The van der Waals surface area contributed by atoms with Gasteiger partial charge in [0.15, 0.2) is 0 Å². The Bertz CT molecular complexity index is 250. The van der Waals surface area contributed by atoms with Crippen molar-refractivity contribution in [3.8, 4) is 0 Å². The van der Waals surface area contributed by atoms with E-state index in [0.29, 0.717) is 6.42 Å². The number of rotatable bonds is 3. The summed E-state index contributed by atoms with van der Waals surface area (Å²) in [5, 5.41) is 0. The van der Waals surface area contributed by atoms with Gasteiger partial charge in [-0.1, -0.05) is 6.92 Å². The summed E-state index contributed by atoms with van der Waals surface area (Å²) in [6.45, 7) is 4.88. The lowest BCUT2D eigenvalue weighted by Crippen LogP contribution is -2.23. The normalized spacial score (nSPS) is 29.9. The first-order valence-corrected chi connectivity index (χ1v) is 4.95. The molecule has 0 bridgehead atoms. The summed E-state index contributed by atoms with van der Waals surface area (Å²) in [5.74, 6) is -0.476. The van der Waals surface area contributed by atoms with Crippen LogP contribution < -0.4 is 0 Å². The molecule has 0 radical (unpaired) electrons. The number of carbonyl (C=O) groups excluding carboxylic acids is 2. The van der Waals surface area contributed by atoms with Crippen molar-refractivity contribution in [2.24, 2.45) is 5.92 Å². The quantitative estimate of drug-likeness (QED) is 0.655. The minimum atomic E-state index is -0.502. The molecule has 0 aromatic heterocycles. The topological polar surface area (TPSA) is 61.8 Å².